The molecule has 7 nitrogen and oxygen atoms in total. The van der Waals surface area contributed by atoms with E-state index in [0.717, 1.165) is 70.3 Å². The molecule has 2 aliphatic rings. The van der Waals surface area contributed by atoms with Gasteiger partial charge in [0.25, 0.3) is 0 Å². The van der Waals surface area contributed by atoms with E-state index in [9.17, 15) is 9.59 Å². The number of imide groups is 1. The number of hydrogen-bond donors (Lipinski definition) is 0. The van der Waals surface area contributed by atoms with Crippen LogP contribution in [0.1, 0.15) is 50.8 Å². The van der Waals surface area contributed by atoms with Crippen LogP contribution in [0.4, 0.5) is 10.5 Å². The molecule has 0 saturated heterocycles. The highest BCUT2D eigenvalue weighted by Gasteiger charge is 2.39. The van der Waals surface area contributed by atoms with E-state index in [1.165, 1.54) is 12.5 Å². The summed E-state index contributed by atoms with van der Waals surface area (Å²) in [5.74, 6) is 1.38. The predicted molar refractivity (Wildman–Crippen MR) is 138 cm³/mol. The average molecular weight is 479 g/mol. The number of benzene rings is 2. The van der Waals surface area contributed by atoms with E-state index < -0.39 is 4.75 Å². The summed E-state index contributed by atoms with van der Waals surface area (Å²) in [5, 5.41) is 5.09. The van der Waals surface area contributed by atoms with Crippen LogP contribution in [0.5, 0.6) is 5.75 Å². The third kappa shape index (κ3) is 4.59. The Morgan fingerprint density at radius 1 is 1.21 bits per heavy atom. The third-order valence-corrected chi connectivity index (χ3v) is 7.02. The topological polar surface area (TPSA) is 74.6 Å². The number of anilines is 1. The number of amidine groups is 1. The summed E-state index contributed by atoms with van der Waals surface area (Å²) >= 11 is 1.13. The van der Waals surface area contributed by atoms with Crippen LogP contribution in [0.2, 0.25) is 0 Å². The zero-order valence-electron chi connectivity index (χ0n) is 20.3. The summed E-state index contributed by atoms with van der Waals surface area (Å²) in [7, 11) is 1.66. The van der Waals surface area contributed by atoms with Gasteiger partial charge in [-0.05, 0) is 92.9 Å². The number of methoxy groups -OCH3 is 1. The lowest BCUT2D eigenvalue weighted by Gasteiger charge is -2.35. The van der Waals surface area contributed by atoms with Crippen LogP contribution >= 0.6 is 11.8 Å². The second-order valence-electron chi connectivity index (χ2n) is 8.78. The molecular weight excluding hydrogens is 448 g/mol. The van der Waals surface area contributed by atoms with Gasteiger partial charge in [-0.1, -0.05) is 6.07 Å². The quantitative estimate of drug-likeness (QED) is 0.451. The van der Waals surface area contributed by atoms with Gasteiger partial charge < -0.3 is 9.64 Å². The van der Waals surface area contributed by atoms with E-state index in [4.69, 9.17) is 9.73 Å². The van der Waals surface area contributed by atoms with Gasteiger partial charge in [0.1, 0.15) is 11.6 Å². The average Bonchev–Trinajstić information content (AvgIpc) is 2.81. The van der Waals surface area contributed by atoms with E-state index in [1.807, 2.05) is 51.1 Å². The summed E-state index contributed by atoms with van der Waals surface area (Å²) in [6, 6.07) is 14.3. The van der Waals surface area contributed by atoms with Crippen molar-refractivity contribution >= 4 is 40.1 Å². The van der Waals surface area contributed by atoms with Gasteiger partial charge >= 0.3 is 5.24 Å². The number of hydrogen-bond acceptors (Lipinski definition) is 6. The van der Waals surface area contributed by atoms with Crippen molar-refractivity contribution in [3.05, 3.63) is 59.2 Å². The highest BCUT2D eigenvalue weighted by atomic mass is 32.2. The van der Waals surface area contributed by atoms with Crippen LogP contribution in [0.25, 0.3) is 0 Å². The molecule has 0 aromatic heterocycles. The minimum atomic E-state index is -0.538. The van der Waals surface area contributed by atoms with Crippen molar-refractivity contribution in [2.24, 2.45) is 10.1 Å². The first kappa shape index (κ1) is 24.0. The lowest BCUT2D eigenvalue weighted by molar-refractivity contribution is -0.125. The standard InChI is InChI=1S/C26H30N4O3S/c1-6-27-24(18-9-12-21(33-5)13-10-18)29-15-7-8-19-16-20(11-14-22(19)29)23-26(3,4)34-25(32)30(28-23)17(2)31/h9-14,16H,6-8,15H2,1-5H3. The van der Waals surface area contributed by atoms with Crippen LogP contribution in [0.15, 0.2) is 52.6 Å². The largest absolute Gasteiger partial charge is 0.497 e. The second kappa shape index (κ2) is 9.62. The Morgan fingerprint density at radius 3 is 2.59 bits per heavy atom. The van der Waals surface area contributed by atoms with E-state index in [1.54, 1.807) is 7.11 Å². The Balaban J connectivity index is 1.73. The van der Waals surface area contributed by atoms with E-state index >= 15 is 0 Å². The number of aryl methyl sites for hydroxylation is 1. The number of nitrogens with zero attached hydrogens (tertiary/aromatic N) is 4. The normalized spacial score (nSPS) is 17.9. The number of thioether (sulfide) groups is 1. The fraction of sp³-hybridized carbons (Fsp3) is 0.385. The van der Waals surface area contributed by atoms with Crippen LogP contribution < -0.4 is 9.64 Å². The Bertz CT molecular complexity index is 1170. The van der Waals surface area contributed by atoms with E-state index in [-0.39, 0.29) is 11.1 Å². The molecule has 34 heavy (non-hydrogen) atoms. The molecule has 0 N–H and O–H groups in total. The minimum absolute atomic E-state index is 0.342. The highest BCUT2D eigenvalue weighted by Crippen LogP contribution is 2.38. The van der Waals surface area contributed by atoms with Crippen LogP contribution in [-0.4, -0.2) is 52.6 Å². The fourth-order valence-corrected chi connectivity index (χ4v) is 5.31. The van der Waals surface area contributed by atoms with Crippen molar-refractivity contribution in [1.82, 2.24) is 5.01 Å². The number of carbonyl (C=O) groups excluding carboxylic acids is 2. The van der Waals surface area contributed by atoms with Gasteiger partial charge in [0.2, 0.25) is 5.91 Å². The number of carbonyl (C=O) groups is 2. The number of rotatable bonds is 4. The zero-order valence-corrected chi connectivity index (χ0v) is 21.1. The van der Waals surface area contributed by atoms with Crippen molar-refractivity contribution < 1.29 is 14.3 Å². The van der Waals surface area contributed by atoms with E-state index in [2.05, 4.69) is 22.1 Å². The molecule has 0 bridgehead atoms. The Hall–Kier alpha value is -3.13. The molecule has 178 valence electrons. The summed E-state index contributed by atoms with van der Waals surface area (Å²) in [5.41, 5.74) is 5.03. The maximum atomic E-state index is 12.3. The first-order valence-corrected chi connectivity index (χ1v) is 12.3. The molecule has 0 radical (unpaired) electrons. The van der Waals surface area contributed by atoms with Gasteiger partial charge in [0.05, 0.1) is 17.6 Å². The number of ether oxygens (including phenoxy) is 1. The molecule has 0 aliphatic carbocycles. The first-order chi connectivity index (χ1) is 16.2. The maximum Gasteiger partial charge on any atom is 0.309 e. The molecule has 8 heteroatoms. The zero-order chi connectivity index (χ0) is 24.5. The molecule has 0 saturated carbocycles. The molecule has 2 aliphatic heterocycles. The third-order valence-electron chi connectivity index (χ3n) is 5.97. The molecule has 2 amide bonds. The maximum absolute atomic E-state index is 12.3. The van der Waals surface area contributed by atoms with Gasteiger partial charge in [-0.3, -0.25) is 14.6 Å². The van der Waals surface area contributed by atoms with E-state index in [0.29, 0.717) is 6.54 Å². The Morgan fingerprint density at radius 2 is 1.94 bits per heavy atom. The second-order valence-corrected chi connectivity index (χ2v) is 10.4. The first-order valence-electron chi connectivity index (χ1n) is 11.5. The lowest BCUT2D eigenvalue weighted by Crippen LogP contribution is -2.43. The van der Waals surface area contributed by atoms with Crippen molar-refractivity contribution in [2.75, 3.05) is 25.1 Å². The predicted octanol–water partition coefficient (Wildman–Crippen LogP) is 5.11. The van der Waals surface area contributed by atoms with Crippen molar-refractivity contribution in [2.45, 2.75) is 45.3 Å². The van der Waals surface area contributed by atoms with Crippen molar-refractivity contribution in [3.63, 3.8) is 0 Å². The lowest BCUT2D eigenvalue weighted by atomic mass is 9.93. The Labute approximate surface area is 204 Å². The minimum Gasteiger partial charge on any atom is -0.497 e. The van der Waals surface area contributed by atoms with Gasteiger partial charge in [-0.15, -0.1) is 0 Å². The highest BCUT2D eigenvalue weighted by molar-refractivity contribution is 8.15. The molecule has 0 atom stereocenters. The number of hydrazone groups is 1. The number of aliphatic imine (C=N–C) groups is 1. The number of fused-ring (bicyclic) bond motifs is 1. The van der Waals surface area contributed by atoms with Crippen LogP contribution in [0.3, 0.4) is 0 Å². The Kier molecular flexibility index (Phi) is 6.79. The van der Waals surface area contributed by atoms with Gasteiger partial charge in [0, 0.05) is 31.3 Å². The molecule has 0 spiro atoms. The molecule has 2 heterocycles. The van der Waals surface area contributed by atoms with Gasteiger partial charge in [-0.2, -0.15) is 10.1 Å². The summed E-state index contributed by atoms with van der Waals surface area (Å²) in [4.78, 5) is 31.4. The smallest absolute Gasteiger partial charge is 0.309 e. The van der Waals surface area contributed by atoms with Gasteiger partial charge in [-0.25, -0.2) is 0 Å². The molecule has 4 rings (SSSR count). The molecule has 2 aromatic rings. The van der Waals surface area contributed by atoms with Crippen LogP contribution in [0, 0.1) is 0 Å². The molecule has 0 unspecified atom stereocenters. The number of amides is 2. The molecular formula is C26H30N4O3S. The van der Waals surface area contributed by atoms with Crippen molar-refractivity contribution in [3.8, 4) is 5.75 Å². The summed E-state index contributed by atoms with van der Waals surface area (Å²) < 4.78 is 4.78. The van der Waals surface area contributed by atoms with Crippen LogP contribution in [-0.2, 0) is 11.2 Å². The summed E-state index contributed by atoms with van der Waals surface area (Å²) in [6.07, 6.45) is 1.94. The van der Waals surface area contributed by atoms with Gasteiger partial charge in [0.15, 0.2) is 0 Å². The summed E-state index contributed by atoms with van der Waals surface area (Å²) in [6.45, 7) is 8.89. The monoisotopic (exact) mass is 478 g/mol. The molecule has 2 aromatic carbocycles. The SMILES string of the molecule is CCN=C(c1ccc(OC)cc1)N1CCCc2cc(C3=NN(C(C)=O)C(=O)SC3(C)C)ccc21. The fourth-order valence-electron chi connectivity index (χ4n) is 4.36. The molecule has 0 fully saturated rings. The van der Waals surface area contributed by atoms with Crippen molar-refractivity contribution in [1.29, 1.82) is 0 Å².